The highest BCUT2D eigenvalue weighted by Crippen LogP contribution is 2.11. The molecular weight excluding hydrogens is 170 g/mol. The van der Waals surface area contributed by atoms with Crippen molar-refractivity contribution in [2.75, 3.05) is 26.7 Å². The maximum atomic E-state index is 5.27. The summed E-state index contributed by atoms with van der Waals surface area (Å²) >= 11 is 3.84. The molecule has 0 atom stereocenters. The standard InChI is InChI=1S/C9H15NOS/c1-11-9-3-6-10(7-4-9)5-2-8-12/h9,12H,3-7H2,1H3. The summed E-state index contributed by atoms with van der Waals surface area (Å²) in [6, 6.07) is 0. The summed E-state index contributed by atoms with van der Waals surface area (Å²) in [5.74, 6) is 2.95. The van der Waals surface area contributed by atoms with Crippen LogP contribution in [0.4, 0.5) is 0 Å². The Morgan fingerprint density at radius 3 is 2.67 bits per heavy atom. The number of hydrogen-bond donors (Lipinski definition) is 1. The monoisotopic (exact) mass is 185 g/mol. The molecule has 12 heavy (non-hydrogen) atoms. The first-order chi connectivity index (χ1) is 5.86. The fraction of sp³-hybridized carbons (Fsp3) is 0.778. The van der Waals surface area contributed by atoms with E-state index in [4.69, 9.17) is 4.74 Å². The molecule has 1 rings (SSSR count). The summed E-state index contributed by atoms with van der Waals surface area (Å²) in [5.41, 5.74) is 0. The molecule has 0 aliphatic carbocycles. The number of piperidine rings is 1. The molecule has 3 heteroatoms. The fourth-order valence-corrected chi connectivity index (χ4v) is 1.52. The summed E-state index contributed by atoms with van der Waals surface area (Å²) in [6.45, 7) is 3.04. The van der Waals surface area contributed by atoms with Gasteiger partial charge in [-0.1, -0.05) is 18.5 Å². The van der Waals surface area contributed by atoms with Crippen LogP contribution >= 0.6 is 12.6 Å². The smallest absolute Gasteiger partial charge is 0.0610 e. The molecule has 0 bridgehead atoms. The number of methoxy groups -OCH3 is 1. The Hall–Kier alpha value is -0.170. The van der Waals surface area contributed by atoms with Crippen molar-refractivity contribution < 1.29 is 4.74 Å². The zero-order valence-corrected chi connectivity index (χ0v) is 8.31. The summed E-state index contributed by atoms with van der Waals surface area (Å²) in [6.07, 6.45) is 2.72. The van der Waals surface area contributed by atoms with Gasteiger partial charge in [0.15, 0.2) is 0 Å². The number of nitrogens with zero attached hydrogens (tertiary/aromatic N) is 1. The molecule has 0 N–H and O–H groups in total. The predicted octanol–water partition coefficient (Wildman–Crippen LogP) is 0.988. The molecule has 1 aliphatic heterocycles. The SMILES string of the molecule is COC1CCN(CC#CS)CC1. The van der Waals surface area contributed by atoms with Gasteiger partial charge in [0.2, 0.25) is 0 Å². The second kappa shape index (κ2) is 5.47. The molecule has 0 radical (unpaired) electrons. The Morgan fingerprint density at radius 2 is 2.17 bits per heavy atom. The quantitative estimate of drug-likeness (QED) is 0.509. The minimum Gasteiger partial charge on any atom is -0.381 e. The average Bonchev–Trinajstić information content (AvgIpc) is 2.15. The van der Waals surface area contributed by atoms with E-state index < -0.39 is 0 Å². The molecule has 0 aromatic heterocycles. The summed E-state index contributed by atoms with van der Waals surface area (Å²) < 4.78 is 5.27. The number of thiol groups is 1. The highest BCUT2D eigenvalue weighted by molar-refractivity contribution is 7.85. The van der Waals surface area contributed by atoms with E-state index in [2.05, 4.69) is 28.7 Å². The first kappa shape index (κ1) is 9.91. The van der Waals surface area contributed by atoms with Crippen LogP contribution in [0.5, 0.6) is 0 Å². The molecular formula is C9H15NOS. The van der Waals surface area contributed by atoms with Gasteiger partial charge in [-0.3, -0.25) is 4.90 Å². The van der Waals surface area contributed by atoms with Crippen LogP contribution in [0.1, 0.15) is 12.8 Å². The van der Waals surface area contributed by atoms with E-state index >= 15 is 0 Å². The second-order valence-corrected chi connectivity index (χ2v) is 3.22. The van der Waals surface area contributed by atoms with Crippen molar-refractivity contribution in [3.05, 3.63) is 0 Å². The van der Waals surface area contributed by atoms with Gasteiger partial charge < -0.3 is 4.74 Å². The molecule has 0 aromatic carbocycles. The van der Waals surface area contributed by atoms with Gasteiger partial charge in [-0.2, -0.15) is 0 Å². The first-order valence-electron chi connectivity index (χ1n) is 4.24. The Bertz CT molecular complexity index is 177. The van der Waals surface area contributed by atoms with Crippen molar-refractivity contribution in [3.63, 3.8) is 0 Å². The minimum absolute atomic E-state index is 0.463. The Kier molecular flexibility index (Phi) is 4.52. The average molecular weight is 185 g/mol. The number of rotatable bonds is 2. The zero-order chi connectivity index (χ0) is 8.81. The lowest BCUT2D eigenvalue weighted by Crippen LogP contribution is -2.36. The second-order valence-electron chi connectivity index (χ2n) is 3.00. The normalized spacial score (nSPS) is 20.2. The van der Waals surface area contributed by atoms with Gasteiger partial charge in [0.25, 0.3) is 0 Å². The van der Waals surface area contributed by atoms with Crippen LogP contribution in [0.3, 0.4) is 0 Å². The molecule has 68 valence electrons. The summed E-state index contributed by atoms with van der Waals surface area (Å²) in [5, 5.41) is 2.61. The lowest BCUT2D eigenvalue weighted by molar-refractivity contribution is 0.0450. The van der Waals surface area contributed by atoms with Gasteiger partial charge in [-0.25, -0.2) is 0 Å². The highest BCUT2D eigenvalue weighted by Gasteiger charge is 2.17. The van der Waals surface area contributed by atoms with Crippen molar-refractivity contribution in [1.82, 2.24) is 4.90 Å². The highest BCUT2D eigenvalue weighted by atomic mass is 32.1. The van der Waals surface area contributed by atoms with E-state index in [-0.39, 0.29) is 0 Å². The van der Waals surface area contributed by atoms with Crippen LogP contribution in [-0.4, -0.2) is 37.7 Å². The molecule has 2 nitrogen and oxygen atoms in total. The van der Waals surface area contributed by atoms with E-state index in [1.165, 1.54) is 0 Å². The van der Waals surface area contributed by atoms with Crippen molar-refractivity contribution in [2.24, 2.45) is 0 Å². The molecule has 0 saturated carbocycles. The van der Waals surface area contributed by atoms with Gasteiger partial charge >= 0.3 is 0 Å². The topological polar surface area (TPSA) is 12.5 Å². The molecule has 1 fully saturated rings. The van der Waals surface area contributed by atoms with Crippen LogP contribution in [0.25, 0.3) is 0 Å². The van der Waals surface area contributed by atoms with Gasteiger partial charge in [-0.05, 0) is 18.1 Å². The predicted molar refractivity (Wildman–Crippen MR) is 53.2 cm³/mol. The molecule has 1 heterocycles. The summed E-state index contributed by atoms with van der Waals surface area (Å²) in [4.78, 5) is 2.33. The summed E-state index contributed by atoms with van der Waals surface area (Å²) in [7, 11) is 1.79. The van der Waals surface area contributed by atoms with Crippen LogP contribution in [0, 0.1) is 11.2 Å². The lowest BCUT2D eigenvalue weighted by Gasteiger charge is -2.29. The zero-order valence-electron chi connectivity index (χ0n) is 7.42. The number of hydrogen-bond acceptors (Lipinski definition) is 3. The first-order valence-corrected chi connectivity index (χ1v) is 4.68. The van der Waals surface area contributed by atoms with Crippen LogP contribution < -0.4 is 0 Å². The Labute approximate surface area is 79.7 Å². The minimum atomic E-state index is 0.463. The van der Waals surface area contributed by atoms with Crippen LogP contribution in [0.2, 0.25) is 0 Å². The molecule has 0 unspecified atom stereocenters. The number of likely N-dealkylation sites (tertiary alicyclic amines) is 1. The van der Waals surface area contributed by atoms with Gasteiger partial charge in [0.1, 0.15) is 0 Å². The van der Waals surface area contributed by atoms with E-state index in [1.807, 2.05) is 0 Å². The molecule has 1 aliphatic rings. The van der Waals surface area contributed by atoms with E-state index in [0.29, 0.717) is 6.10 Å². The van der Waals surface area contributed by atoms with Gasteiger partial charge in [-0.15, -0.1) is 0 Å². The molecule has 0 amide bonds. The Balaban J connectivity index is 2.20. The maximum Gasteiger partial charge on any atom is 0.0610 e. The number of ether oxygens (including phenoxy) is 1. The van der Waals surface area contributed by atoms with Gasteiger partial charge in [0.05, 0.1) is 12.6 Å². The van der Waals surface area contributed by atoms with Crippen LogP contribution in [-0.2, 0) is 4.74 Å². The van der Waals surface area contributed by atoms with E-state index in [0.717, 1.165) is 32.5 Å². The molecule has 0 aromatic rings. The van der Waals surface area contributed by atoms with E-state index in [9.17, 15) is 0 Å². The third-order valence-corrected chi connectivity index (χ3v) is 2.41. The van der Waals surface area contributed by atoms with E-state index in [1.54, 1.807) is 7.11 Å². The third-order valence-electron chi connectivity index (χ3n) is 2.25. The molecule has 0 spiro atoms. The van der Waals surface area contributed by atoms with Crippen LogP contribution in [0.15, 0.2) is 0 Å². The van der Waals surface area contributed by atoms with Crippen molar-refractivity contribution in [2.45, 2.75) is 18.9 Å². The third kappa shape index (κ3) is 3.06. The fourth-order valence-electron chi connectivity index (χ4n) is 1.45. The van der Waals surface area contributed by atoms with Gasteiger partial charge in [0, 0.05) is 20.2 Å². The molecule has 1 saturated heterocycles. The van der Waals surface area contributed by atoms with Crippen molar-refractivity contribution in [3.8, 4) is 11.2 Å². The Morgan fingerprint density at radius 1 is 1.50 bits per heavy atom. The lowest BCUT2D eigenvalue weighted by atomic mass is 10.1. The van der Waals surface area contributed by atoms with Crippen molar-refractivity contribution in [1.29, 1.82) is 0 Å². The largest absolute Gasteiger partial charge is 0.381 e. The maximum absolute atomic E-state index is 5.27. The van der Waals surface area contributed by atoms with Crippen molar-refractivity contribution >= 4 is 12.6 Å².